The molecule has 1 unspecified atom stereocenters. The van der Waals surface area contributed by atoms with Gasteiger partial charge in [-0.05, 0) is 6.92 Å². The van der Waals surface area contributed by atoms with E-state index in [1.807, 2.05) is 0 Å². The summed E-state index contributed by atoms with van der Waals surface area (Å²) in [7, 11) is 0. The molecule has 2 heterocycles. The molecule has 2 fully saturated rings. The van der Waals surface area contributed by atoms with E-state index in [1.54, 1.807) is 0 Å². The summed E-state index contributed by atoms with van der Waals surface area (Å²) < 4.78 is 20.9. The van der Waals surface area contributed by atoms with Crippen molar-refractivity contribution in [1.82, 2.24) is 0 Å². The van der Waals surface area contributed by atoms with Crippen LogP contribution in [0.25, 0.3) is 0 Å². The zero-order chi connectivity index (χ0) is 28.2. The average molecular weight is 548 g/mol. The van der Waals surface area contributed by atoms with E-state index >= 15 is 0 Å². The fourth-order valence-corrected chi connectivity index (χ4v) is 3.73. The van der Waals surface area contributed by atoms with Gasteiger partial charge in [-0.2, -0.15) is 0 Å². The van der Waals surface area contributed by atoms with Gasteiger partial charge in [0.05, 0.1) is 25.9 Å². The van der Waals surface area contributed by atoms with Crippen LogP contribution in [0.3, 0.4) is 0 Å². The Morgan fingerprint density at radius 1 is 0.784 bits per heavy atom. The first-order valence-electron chi connectivity index (χ1n) is 11.5. The molecule has 0 amide bonds. The summed E-state index contributed by atoms with van der Waals surface area (Å²) in [5, 5.41) is 109. The van der Waals surface area contributed by atoms with Crippen LogP contribution in [-0.2, 0) is 23.7 Å². The number of rotatable bonds is 12. The highest BCUT2D eigenvalue weighted by Gasteiger charge is 2.48. The van der Waals surface area contributed by atoms with Gasteiger partial charge in [0.2, 0.25) is 0 Å². The number of carbonyl (C=O) groups excluding carboxylic acids is 1. The van der Waals surface area contributed by atoms with Crippen molar-refractivity contribution in [2.45, 2.75) is 98.8 Å². The third-order valence-corrected chi connectivity index (χ3v) is 6.18. The molecule has 0 radical (unpaired) electrons. The van der Waals surface area contributed by atoms with Crippen molar-refractivity contribution in [1.29, 1.82) is 0 Å². The number of ether oxygens (including phenoxy) is 4. The highest BCUT2D eigenvalue weighted by molar-refractivity contribution is 5.88. The predicted octanol–water partition coefficient (Wildman–Crippen LogP) is -8.01. The van der Waals surface area contributed by atoms with Gasteiger partial charge in [-0.3, -0.25) is 4.79 Å². The summed E-state index contributed by atoms with van der Waals surface area (Å²) in [4.78, 5) is 11.7. The molecule has 0 aromatic rings. The van der Waals surface area contributed by atoms with Gasteiger partial charge in [0.1, 0.15) is 73.2 Å². The molecule has 17 heteroatoms. The first-order valence-corrected chi connectivity index (χ1v) is 11.5. The number of hydrogen-bond acceptors (Lipinski definition) is 17. The van der Waals surface area contributed by atoms with Crippen molar-refractivity contribution >= 4 is 5.78 Å². The fraction of sp³-hybridized carbons (Fsp3) is 0.950. The molecule has 17 nitrogen and oxygen atoms in total. The number of ketones is 1. The zero-order valence-electron chi connectivity index (χ0n) is 19.8. The van der Waals surface area contributed by atoms with Gasteiger partial charge in [0, 0.05) is 0 Å². The van der Waals surface area contributed by atoms with Crippen LogP contribution in [0.5, 0.6) is 0 Å². The molecule has 15 atom stereocenters. The average Bonchev–Trinajstić information content (AvgIpc) is 2.88. The van der Waals surface area contributed by atoms with E-state index in [0.717, 1.165) is 0 Å². The second kappa shape index (κ2) is 13.9. The molecule has 2 saturated heterocycles. The summed E-state index contributed by atoms with van der Waals surface area (Å²) in [5.74, 6) is -0.995. The second-order valence-electron chi connectivity index (χ2n) is 9.06. The minimum Gasteiger partial charge on any atom is -0.394 e. The van der Waals surface area contributed by atoms with Crippen LogP contribution in [0.4, 0.5) is 0 Å². The van der Waals surface area contributed by atoms with Gasteiger partial charge < -0.3 is 80.9 Å². The molecule has 0 aliphatic carbocycles. The molecule has 2 aliphatic heterocycles. The van der Waals surface area contributed by atoms with Gasteiger partial charge in [-0.25, -0.2) is 0 Å². The summed E-state index contributed by atoms with van der Waals surface area (Å²) in [6.45, 7) is -0.942. The fourth-order valence-electron chi connectivity index (χ4n) is 3.73. The first kappa shape index (κ1) is 32.2. The Hall–Kier alpha value is -0.970. The zero-order valence-corrected chi connectivity index (χ0v) is 19.8. The van der Waals surface area contributed by atoms with Crippen LogP contribution in [-0.4, -0.2) is 174 Å². The molecule has 2 aliphatic rings. The Balaban J connectivity index is 1.96. The van der Waals surface area contributed by atoms with Crippen molar-refractivity contribution in [2.75, 3.05) is 19.8 Å². The van der Waals surface area contributed by atoms with Crippen molar-refractivity contribution in [2.24, 2.45) is 5.73 Å². The summed E-state index contributed by atoms with van der Waals surface area (Å²) in [6.07, 6.45) is -24.9. The topological polar surface area (TPSA) is 303 Å². The lowest BCUT2D eigenvalue weighted by Crippen LogP contribution is -2.62. The lowest BCUT2D eigenvalue weighted by Gasteiger charge is -2.42. The van der Waals surface area contributed by atoms with E-state index in [0.29, 0.717) is 0 Å². The maximum absolute atomic E-state index is 11.7. The Kier molecular flexibility index (Phi) is 12.1. The number of nitrogens with two attached hydrogens (primary N) is 1. The van der Waals surface area contributed by atoms with Crippen LogP contribution >= 0.6 is 0 Å². The molecule has 0 aromatic heterocycles. The Labute approximate surface area is 210 Å². The second-order valence-corrected chi connectivity index (χ2v) is 9.06. The van der Waals surface area contributed by atoms with Crippen LogP contribution < -0.4 is 5.73 Å². The van der Waals surface area contributed by atoms with Crippen LogP contribution in [0.2, 0.25) is 0 Å². The molecular weight excluding hydrogens is 510 g/mol. The minimum atomic E-state index is -2.14. The van der Waals surface area contributed by atoms with Crippen LogP contribution in [0, 0.1) is 0 Å². The summed E-state index contributed by atoms with van der Waals surface area (Å²) in [6, 6.07) is -1.16. The molecule has 0 saturated carbocycles. The van der Waals surface area contributed by atoms with Gasteiger partial charge >= 0.3 is 0 Å². The molecule has 0 bridgehead atoms. The number of aliphatic hydroxyl groups excluding tert-OH is 11. The number of hydrogen-bond donors (Lipinski definition) is 12. The van der Waals surface area contributed by atoms with Gasteiger partial charge in [-0.15, -0.1) is 0 Å². The minimum absolute atomic E-state index is 0.622. The normalized spacial score (nSPS) is 41.0. The van der Waals surface area contributed by atoms with Crippen molar-refractivity contribution in [3.05, 3.63) is 0 Å². The molecule has 13 N–H and O–H groups in total. The monoisotopic (exact) mass is 547 g/mol. The molecule has 0 spiro atoms. The van der Waals surface area contributed by atoms with Crippen molar-refractivity contribution in [3.8, 4) is 0 Å². The van der Waals surface area contributed by atoms with E-state index in [9.17, 15) is 61.0 Å². The van der Waals surface area contributed by atoms with Gasteiger partial charge in [0.15, 0.2) is 18.4 Å². The Morgan fingerprint density at radius 2 is 1.27 bits per heavy atom. The van der Waals surface area contributed by atoms with E-state index in [-0.39, 0.29) is 0 Å². The third kappa shape index (κ3) is 7.57. The molecule has 218 valence electrons. The third-order valence-electron chi connectivity index (χ3n) is 6.18. The SMILES string of the molecule is CC(N)C(=O)[C@H](O)[C@@H](O)[C@H](O)[C@H](O)CO[C@H]1O[C@H](CO[C@H]2O[C@H](CO)[C@@H](O)[C@H](O)[C@H]2O)[C@@H](O)[C@H](O)[C@H]1O. The van der Waals surface area contributed by atoms with E-state index < -0.39 is 117 Å². The summed E-state index contributed by atoms with van der Waals surface area (Å²) >= 11 is 0. The van der Waals surface area contributed by atoms with Gasteiger partial charge in [0.25, 0.3) is 0 Å². The molecule has 2 rings (SSSR count). The largest absolute Gasteiger partial charge is 0.394 e. The first-order chi connectivity index (χ1) is 17.2. The maximum Gasteiger partial charge on any atom is 0.186 e. The number of carbonyl (C=O) groups is 1. The van der Waals surface area contributed by atoms with Crippen molar-refractivity contribution < 1.29 is 79.9 Å². The van der Waals surface area contributed by atoms with Crippen LogP contribution in [0.15, 0.2) is 0 Å². The van der Waals surface area contributed by atoms with E-state index in [1.165, 1.54) is 6.92 Å². The smallest absolute Gasteiger partial charge is 0.186 e. The highest BCUT2D eigenvalue weighted by atomic mass is 16.7. The molecule has 37 heavy (non-hydrogen) atoms. The van der Waals surface area contributed by atoms with Gasteiger partial charge in [-0.1, -0.05) is 0 Å². The quantitative estimate of drug-likeness (QED) is 0.108. The number of aliphatic hydroxyl groups is 11. The molecule has 0 aromatic carbocycles. The number of Topliss-reactive ketones (excluding diaryl/α,β-unsaturated/α-hetero) is 1. The Bertz CT molecular complexity index is 714. The lowest BCUT2D eigenvalue weighted by atomic mass is 9.97. The summed E-state index contributed by atoms with van der Waals surface area (Å²) in [5.41, 5.74) is 5.32. The van der Waals surface area contributed by atoms with E-state index in [4.69, 9.17) is 24.7 Å². The maximum atomic E-state index is 11.7. The van der Waals surface area contributed by atoms with Crippen LogP contribution in [0.1, 0.15) is 6.92 Å². The lowest BCUT2D eigenvalue weighted by molar-refractivity contribution is -0.333. The highest BCUT2D eigenvalue weighted by Crippen LogP contribution is 2.26. The molecular formula is C20H37NO16. The Morgan fingerprint density at radius 3 is 1.78 bits per heavy atom. The van der Waals surface area contributed by atoms with Crippen molar-refractivity contribution in [3.63, 3.8) is 0 Å². The predicted molar refractivity (Wildman–Crippen MR) is 115 cm³/mol. The van der Waals surface area contributed by atoms with E-state index in [2.05, 4.69) is 0 Å². The standard InChI is InChI=1S/C20H37NO16/c1-5(21)9(24)13(28)14(29)10(25)6(23)3-34-19-18(33)16(31)12(27)8(37-19)4-35-20-17(32)15(30)11(26)7(2-22)36-20/h5-8,10-20,22-23,25-33H,2-4,21H2,1H3/t5?,6-,7-,8-,10-,11-,12-,13+,14+,15+,16+,17-,18-,19+,20+/m1/s1.